The number of aromatic nitrogens is 1. The monoisotopic (exact) mass is 382 g/mol. The molecule has 0 amide bonds. The van der Waals surface area contributed by atoms with Gasteiger partial charge in [0.15, 0.2) is 5.76 Å². The fourth-order valence-corrected chi connectivity index (χ4v) is 3.59. The van der Waals surface area contributed by atoms with Gasteiger partial charge >= 0.3 is 0 Å². The van der Waals surface area contributed by atoms with Crippen LogP contribution in [-0.2, 0) is 10.0 Å². The van der Waals surface area contributed by atoms with Crippen LogP contribution in [0, 0.1) is 6.92 Å². The van der Waals surface area contributed by atoms with Gasteiger partial charge in [0, 0.05) is 22.3 Å². The molecule has 0 saturated carbocycles. The maximum Gasteiger partial charge on any atom is 0.265 e. The molecule has 1 aromatic carbocycles. The minimum Gasteiger partial charge on any atom is -0.456 e. The molecule has 8 heteroatoms. The molecule has 0 aliphatic rings. The van der Waals surface area contributed by atoms with Gasteiger partial charge in [0.1, 0.15) is 10.7 Å². The number of hydrogen-bond donors (Lipinski definition) is 1. The first-order chi connectivity index (χ1) is 10.5. The second-order valence-electron chi connectivity index (χ2n) is 4.52. The Bertz CT molecular complexity index is 901. The lowest BCUT2D eigenvalue weighted by Gasteiger charge is -2.07. The van der Waals surface area contributed by atoms with E-state index < -0.39 is 10.0 Å². The summed E-state index contributed by atoms with van der Waals surface area (Å²) in [5, 5.41) is 3.57. The first-order valence-electron chi connectivity index (χ1n) is 6.25. The van der Waals surface area contributed by atoms with E-state index in [1.54, 1.807) is 31.2 Å². The number of rotatable bonds is 4. The highest BCUT2D eigenvalue weighted by molar-refractivity contribution is 9.10. The minimum atomic E-state index is -3.76. The predicted octanol–water partition coefficient (Wildman–Crippen LogP) is 3.81. The summed E-state index contributed by atoms with van der Waals surface area (Å²) in [6.07, 6.45) is 1.46. The molecule has 0 unspecified atom stereocenters. The molecule has 0 spiro atoms. The van der Waals surface area contributed by atoms with E-state index >= 15 is 0 Å². The van der Waals surface area contributed by atoms with Crippen LogP contribution in [0.2, 0.25) is 0 Å². The predicted molar refractivity (Wildman–Crippen MR) is 83.9 cm³/mol. The van der Waals surface area contributed by atoms with Crippen molar-refractivity contribution < 1.29 is 17.4 Å². The molecule has 3 rings (SSSR count). The van der Waals surface area contributed by atoms with E-state index in [0.717, 1.165) is 4.47 Å². The lowest BCUT2D eigenvalue weighted by molar-refractivity contribution is 0.414. The molecular weight excluding hydrogens is 372 g/mol. The molecule has 2 heterocycles. The molecule has 0 saturated heterocycles. The summed E-state index contributed by atoms with van der Waals surface area (Å²) >= 11 is 3.30. The number of benzene rings is 1. The van der Waals surface area contributed by atoms with Crippen LogP contribution in [-0.4, -0.2) is 13.6 Å². The summed E-state index contributed by atoms with van der Waals surface area (Å²) in [6, 6.07) is 9.89. The van der Waals surface area contributed by atoms with Gasteiger partial charge in [-0.05, 0) is 25.1 Å². The lowest BCUT2D eigenvalue weighted by Crippen LogP contribution is -2.13. The first kappa shape index (κ1) is 14.9. The van der Waals surface area contributed by atoms with Gasteiger partial charge in [-0.1, -0.05) is 27.2 Å². The van der Waals surface area contributed by atoms with E-state index in [1.807, 2.05) is 6.07 Å². The van der Waals surface area contributed by atoms with Crippen LogP contribution in [0.5, 0.6) is 0 Å². The van der Waals surface area contributed by atoms with Crippen LogP contribution < -0.4 is 4.72 Å². The van der Waals surface area contributed by atoms with E-state index in [4.69, 9.17) is 8.94 Å². The zero-order chi connectivity index (χ0) is 15.7. The van der Waals surface area contributed by atoms with Crippen LogP contribution in [0.1, 0.15) is 5.76 Å². The zero-order valence-electron chi connectivity index (χ0n) is 11.4. The molecule has 3 aromatic rings. The van der Waals surface area contributed by atoms with Crippen LogP contribution in [0.3, 0.4) is 0 Å². The van der Waals surface area contributed by atoms with Crippen molar-refractivity contribution in [1.82, 2.24) is 5.16 Å². The Hall–Kier alpha value is -2.06. The molecule has 0 aliphatic heterocycles. The SMILES string of the molecule is Cc1oc(-c2ccno2)cc1S(=O)(=O)Nc1cccc(Br)c1. The van der Waals surface area contributed by atoms with E-state index in [9.17, 15) is 8.42 Å². The summed E-state index contributed by atoms with van der Waals surface area (Å²) < 4.78 is 38.7. The number of anilines is 1. The number of hydrogen-bond acceptors (Lipinski definition) is 5. The topological polar surface area (TPSA) is 85.3 Å². The first-order valence-corrected chi connectivity index (χ1v) is 8.53. The number of halogens is 1. The van der Waals surface area contributed by atoms with E-state index in [-0.39, 0.29) is 10.7 Å². The zero-order valence-corrected chi connectivity index (χ0v) is 13.8. The van der Waals surface area contributed by atoms with Crippen LogP contribution in [0.4, 0.5) is 5.69 Å². The van der Waals surface area contributed by atoms with Crippen molar-refractivity contribution in [2.24, 2.45) is 0 Å². The second kappa shape index (κ2) is 5.62. The molecule has 0 radical (unpaired) electrons. The molecule has 0 atom stereocenters. The third-order valence-corrected chi connectivity index (χ3v) is 4.90. The second-order valence-corrected chi connectivity index (χ2v) is 7.09. The Labute approximate surface area is 135 Å². The van der Waals surface area contributed by atoms with Crippen molar-refractivity contribution in [3.63, 3.8) is 0 Å². The van der Waals surface area contributed by atoms with Gasteiger partial charge in [0.25, 0.3) is 10.0 Å². The fourth-order valence-electron chi connectivity index (χ4n) is 1.96. The number of nitrogens with zero attached hydrogens (tertiary/aromatic N) is 1. The van der Waals surface area contributed by atoms with Gasteiger partial charge in [-0.15, -0.1) is 0 Å². The van der Waals surface area contributed by atoms with Gasteiger partial charge in [-0.25, -0.2) is 8.42 Å². The third-order valence-electron chi connectivity index (χ3n) is 2.92. The third kappa shape index (κ3) is 2.93. The summed E-state index contributed by atoms with van der Waals surface area (Å²) in [5.41, 5.74) is 0.455. The van der Waals surface area contributed by atoms with Crippen LogP contribution in [0.25, 0.3) is 11.5 Å². The number of sulfonamides is 1. The highest BCUT2D eigenvalue weighted by atomic mass is 79.9. The van der Waals surface area contributed by atoms with Crippen molar-refractivity contribution in [2.75, 3.05) is 4.72 Å². The van der Waals surface area contributed by atoms with Gasteiger partial charge < -0.3 is 8.94 Å². The lowest BCUT2D eigenvalue weighted by atomic mass is 10.3. The van der Waals surface area contributed by atoms with E-state index in [1.165, 1.54) is 12.3 Å². The average Bonchev–Trinajstić information content (AvgIpc) is 3.07. The molecular formula is C14H11BrN2O4S. The summed E-state index contributed by atoms with van der Waals surface area (Å²) in [4.78, 5) is 0.0545. The molecule has 114 valence electrons. The number of furan rings is 1. The number of aryl methyl sites for hydroxylation is 1. The molecule has 0 aliphatic carbocycles. The maximum absolute atomic E-state index is 12.5. The van der Waals surface area contributed by atoms with Crippen LogP contribution >= 0.6 is 15.9 Å². The van der Waals surface area contributed by atoms with Gasteiger partial charge in [0.2, 0.25) is 5.76 Å². The largest absolute Gasteiger partial charge is 0.456 e. The molecule has 0 bridgehead atoms. The molecule has 2 aromatic heterocycles. The molecule has 6 nitrogen and oxygen atoms in total. The van der Waals surface area contributed by atoms with Crippen molar-refractivity contribution in [3.05, 3.63) is 52.8 Å². The fraction of sp³-hybridized carbons (Fsp3) is 0.0714. The Balaban J connectivity index is 1.96. The van der Waals surface area contributed by atoms with E-state index in [0.29, 0.717) is 17.2 Å². The van der Waals surface area contributed by atoms with E-state index in [2.05, 4.69) is 25.8 Å². The smallest absolute Gasteiger partial charge is 0.265 e. The van der Waals surface area contributed by atoms with Crippen molar-refractivity contribution in [2.45, 2.75) is 11.8 Å². The van der Waals surface area contributed by atoms with Crippen molar-refractivity contribution in [3.8, 4) is 11.5 Å². The normalized spacial score (nSPS) is 11.5. The Morgan fingerprint density at radius 1 is 1.18 bits per heavy atom. The Morgan fingerprint density at radius 3 is 2.68 bits per heavy atom. The molecule has 0 fully saturated rings. The highest BCUT2D eigenvalue weighted by Crippen LogP contribution is 2.29. The van der Waals surface area contributed by atoms with Gasteiger partial charge in [-0.2, -0.15) is 0 Å². The quantitative estimate of drug-likeness (QED) is 0.741. The summed E-state index contributed by atoms with van der Waals surface area (Å²) in [6.45, 7) is 1.58. The highest BCUT2D eigenvalue weighted by Gasteiger charge is 2.23. The Kier molecular flexibility index (Phi) is 3.79. The van der Waals surface area contributed by atoms with Gasteiger partial charge in [0.05, 0.1) is 6.20 Å². The number of nitrogens with one attached hydrogen (secondary N) is 1. The maximum atomic E-state index is 12.5. The Morgan fingerprint density at radius 2 is 2.00 bits per heavy atom. The average molecular weight is 383 g/mol. The minimum absolute atomic E-state index is 0.0545. The standard InChI is InChI=1S/C14H11BrN2O4S/c1-9-14(8-13(20-9)12-5-6-16-21-12)22(18,19)17-11-4-2-3-10(15)7-11/h2-8,17H,1H3. The summed E-state index contributed by atoms with van der Waals surface area (Å²) in [5.74, 6) is 0.950. The summed E-state index contributed by atoms with van der Waals surface area (Å²) in [7, 11) is -3.76. The van der Waals surface area contributed by atoms with Crippen molar-refractivity contribution >= 4 is 31.6 Å². The molecule has 22 heavy (non-hydrogen) atoms. The van der Waals surface area contributed by atoms with Crippen LogP contribution in [0.15, 0.2) is 60.9 Å². The van der Waals surface area contributed by atoms with Crippen molar-refractivity contribution in [1.29, 1.82) is 0 Å². The van der Waals surface area contributed by atoms with Gasteiger partial charge in [-0.3, -0.25) is 4.72 Å². The molecule has 1 N–H and O–H groups in total.